The van der Waals surface area contributed by atoms with Crippen LogP contribution in [0.1, 0.15) is 36.9 Å². The van der Waals surface area contributed by atoms with Crippen LogP contribution in [-0.2, 0) is 20.0 Å². The molecule has 144 valence electrons. The van der Waals surface area contributed by atoms with Crippen molar-refractivity contribution in [2.24, 2.45) is 18.9 Å². The summed E-state index contributed by atoms with van der Waals surface area (Å²) < 4.78 is 40.7. The monoisotopic (exact) mass is 372 g/mol. The van der Waals surface area contributed by atoms with Crippen LogP contribution in [0.15, 0.2) is 10.9 Å². The number of amides is 2. The normalized spacial score (nSPS) is 23.5. The second-order valence-corrected chi connectivity index (χ2v) is 7.13. The number of aryl methyl sites for hydroxylation is 1. The summed E-state index contributed by atoms with van der Waals surface area (Å²) in [5, 5.41) is 6.85. The van der Waals surface area contributed by atoms with Gasteiger partial charge in [-0.15, -0.1) is 0 Å². The zero-order valence-electron chi connectivity index (χ0n) is 14.7. The fourth-order valence-corrected chi connectivity index (χ4v) is 3.88. The maximum Gasteiger partial charge on any atom is 0.392 e. The number of carbonyl (C=O) groups is 1. The summed E-state index contributed by atoms with van der Waals surface area (Å²) in [5.41, 5.74) is 1.22. The van der Waals surface area contributed by atoms with Crippen LogP contribution in [-0.4, -0.2) is 40.0 Å². The highest BCUT2D eigenvalue weighted by Crippen LogP contribution is 2.41. The van der Waals surface area contributed by atoms with Gasteiger partial charge in [0.25, 0.3) is 5.56 Å². The van der Waals surface area contributed by atoms with Crippen molar-refractivity contribution in [3.63, 3.8) is 0 Å². The van der Waals surface area contributed by atoms with Crippen LogP contribution in [0.5, 0.6) is 0 Å². The van der Waals surface area contributed by atoms with Gasteiger partial charge in [-0.2, -0.15) is 18.3 Å². The van der Waals surface area contributed by atoms with E-state index in [9.17, 15) is 22.8 Å². The first-order valence-electron chi connectivity index (χ1n) is 8.91. The number of hydrogen-bond donors (Lipinski definition) is 1. The molecule has 3 rings (SSSR count). The molecule has 0 radical (unpaired) electrons. The molecule has 26 heavy (non-hydrogen) atoms. The van der Waals surface area contributed by atoms with E-state index in [-0.39, 0.29) is 31.1 Å². The van der Waals surface area contributed by atoms with Gasteiger partial charge in [-0.1, -0.05) is 12.8 Å². The smallest absolute Gasteiger partial charge is 0.338 e. The molecule has 2 atom stereocenters. The number of aromatic nitrogens is 2. The van der Waals surface area contributed by atoms with Crippen molar-refractivity contribution in [3.8, 4) is 0 Å². The Kier molecular flexibility index (Phi) is 5.24. The van der Waals surface area contributed by atoms with Crippen molar-refractivity contribution in [2.45, 2.75) is 44.8 Å². The molecule has 1 aliphatic carbocycles. The van der Waals surface area contributed by atoms with Gasteiger partial charge in [-0.25, -0.2) is 9.48 Å². The van der Waals surface area contributed by atoms with E-state index in [2.05, 4.69) is 10.4 Å². The molecule has 9 heteroatoms. The maximum absolute atomic E-state index is 13.1. The Labute approximate surface area is 149 Å². The third-order valence-corrected chi connectivity index (χ3v) is 5.37. The average molecular weight is 372 g/mol. The maximum atomic E-state index is 13.1. The Morgan fingerprint density at radius 1 is 1.35 bits per heavy atom. The van der Waals surface area contributed by atoms with E-state index in [0.717, 1.165) is 12.1 Å². The van der Waals surface area contributed by atoms with Crippen molar-refractivity contribution in [3.05, 3.63) is 27.7 Å². The Hall–Kier alpha value is -2.06. The van der Waals surface area contributed by atoms with Gasteiger partial charge in [0.2, 0.25) is 0 Å². The second kappa shape index (κ2) is 7.28. The zero-order chi connectivity index (χ0) is 18.9. The molecule has 0 unspecified atom stereocenters. The zero-order valence-corrected chi connectivity index (χ0v) is 14.7. The number of fused-ring (bicyclic) bond motifs is 1. The number of urea groups is 1. The Bertz CT molecular complexity index is 732. The lowest BCUT2D eigenvalue weighted by Gasteiger charge is -2.34. The van der Waals surface area contributed by atoms with Crippen molar-refractivity contribution in [2.75, 3.05) is 13.1 Å². The van der Waals surface area contributed by atoms with Crippen LogP contribution >= 0.6 is 0 Å². The Morgan fingerprint density at radius 2 is 2.08 bits per heavy atom. The number of carbonyl (C=O) groups excluding carboxylic acids is 1. The van der Waals surface area contributed by atoms with Gasteiger partial charge >= 0.3 is 12.2 Å². The third kappa shape index (κ3) is 4.02. The molecule has 2 heterocycles. The molecule has 1 N–H and O–H groups in total. The van der Waals surface area contributed by atoms with Gasteiger partial charge in [0.05, 0.1) is 11.6 Å². The lowest BCUT2D eigenvalue weighted by molar-refractivity contribution is -0.195. The van der Waals surface area contributed by atoms with Gasteiger partial charge < -0.3 is 10.2 Å². The summed E-state index contributed by atoms with van der Waals surface area (Å²) in [5.74, 6) is -1.91. The lowest BCUT2D eigenvalue weighted by Crippen LogP contribution is -2.47. The first-order valence-corrected chi connectivity index (χ1v) is 8.91. The molecule has 0 saturated heterocycles. The summed E-state index contributed by atoms with van der Waals surface area (Å²) in [6, 6.07) is 1.07. The van der Waals surface area contributed by atoms with Gasteiger partial charge in [0, 0.05) is 44.7 Å². The van der Waals surface area contributed by atoms with Crippen molar-refractivity contribution in [1.82, 2.24) is 20.0 Å². The molecular formula is C17H23F3N4O2. The number of hydrogen-bond acceptors (Lipinski definition) is 3. The highest BCUT2D eigenvalue weighted by molar-refractivity contribution is 5.74. The van der Waals surface area contributed by atoms with Crippen LogP contribution < -0.4 is 10.9 Å². The number of rotatable bonds is 2. The summed E-state index contributed by atoms with van der Waals surface area (Å²) in [6.45, 7) is 0.705. The highest BCUT2D eigenvalue weighted by Gasteiger charge is 2.45. The molecule has 1 fully saturated rings. The predicted molar refractivity (Wildman–Crippen MR) is 88.5 cm³/mol. The molecule has 1 aromatic rings. The molecule has 6 nitrogen and oxygen atoms in total. The fraction of sp³-hybridized carbons (Fsp3) is 0.706. The first kappa shape index (κ1) is 18.7. The van der Waals surface area contributed by atoms with E-state index in [1.807, 2.05) is 0 Å². The molecule has 0 aromatic carbocycles. The quantitative estimate of drug-likeness (QED) is 0.866. The minimum atomic E-state index is -4.22. The summed E-state index contributed by atoms with van der Waals surface area (Å²) in [7, 11) is 1.57. The summed E-state index contributed by atoms with van der Waals surface area (Å²) in [6.07, 6.45) is -1.74. The molecule has 1 aliphatic heterocycles. The van der Waals surface area contributed by atoms with Crippen LogP contribution in [0.25, 0.3) is 0 Å². The molecule has 0 bridgehead atoms. The fourth-order valence-electron chi connectivity index (χ4n) is 3.88. The van der Waals surface area contributed by atoms with Crippen molar-refractivity contribution >= 4 is 6.03 Å². The molecule has 1 aromatic heterocycles. The Balaban J connectivity index is 1.60. The van der Waals surface area contributed by atoms with Crippen LogP contribution in [0, 0.1) is 11.8 Å². The van der Waals surface area contributed by atoms with Gasteiger partial charge in [-0.05, 0) is 18.8 Å². The molecule has 2 aliphatic rings. The van der Waals surface area contributed by atoms with Gasteiger partial charge in [0.15, 0.2) is 0 Å². The van der Waals surface area contributed by atoms with E-state index < -0.39 is 18.0 Å². The van der Waals surface area contributed by atoms with Crippen LogP contribution in [0.3, 0.4) is 0 Å². The van der Waals surface area contributed by atoms with Gasteiger partial charge in [0.1, 0.15) is 0 Å². The molecule has 2 amide bonds. The van der Waals surface area contributed by atoms with E-state index in [1.54, 1.807) is 7.05 Å². The predicted octanol–water partition coefficient (Wildman–Crippen LogP) is 2.22. The number of alkyl halides is 3. The number of halogens is 3. The van der Waals surface area contributed by atoms with Crippen molar-refractivity contribution < 1.29 is 18.0 Å². The van der Waals surface area contributed by atoms with Gasteiger partial charge in [-0.3, -0.25) is 4.79 Å². The Morgan fingerprint density at radius 3 is 2.81 bits per heavy atom. The molecular weight excluding hydrogens is 349 g/mol. The van der Waals surface area contributed by atoms with E-state index in [1.165, 1.54) is 15.6 Å². The van der Waals surface area contributed by atoms with E-state index >= 15 is 0 Å². The van der Waals surface area contributed by atoms with E-state index in [4.69, 9.17) is 0 Å². The minimum Gasteiger partial charge on any atom is -0.338 e. The first-order chi connectivity index (χ1) is 12.3. The average Bonchev–Trinajstić information content (AvgIpc) is 2.59. The highest BCUT2D eigenvalue weighted by atomic mass is 19.4. The molecule has 0 spiro atoms. The standard InChI is InChI=1S/C17H23F3N4O2/c1-23-15(25)8-12-10-24(7-6-14(12)22-23)16(26)21-9-11-4-2-3-5-13(11)17(18,19)20/h8,11,13H,2-7,9-10H2,1H3,(H,21,26)/t11-,13-/m1/s1. The topological polar surface area (TPSA) is 67.2 Å². The molecule has 1 saturated carbocycles. The van der Waals surface area contributed by atoms with Crippen molar-refractivity contribution in [1.29, 1.82) is 0 Å². The number of nitrogens with zero attached hydrogens (tertiary/aromatic N) is 3. The largest absolute Gasteiger partial charge is 0.392 e. The van der Waals surface area contributed by atoms with E-state index in [0.29, 0.717) is 31.4 Å². The minimum absolute atomic E-state index is 0.0289. The SMILES string of the molecule is Cn1nc2c(cc1=O)CN(C(=O)NC[C@H]1CCCC[C@H]1C(F)(F)F)CC2. The summed E-state index contributed by atoms with van der Waals surface area (Å²) >= 11 is 0. The van der Waals surface area contributed by atoms with Crippen LogP contribution in [0.4, 0.5) is 18.0 Å². The second-order valence-electron chi connectivity index (χ2n) is 7.13. The number of nitrogens with one attached hydrogen (secondary N) is 1. The summed E-state index contributed by atoms with van der Waals surface area (Å²) in [4.78, 5) is 25.6. The third-order valence-electron chi connectivity index (χ3n) is 5.37. The lowest BCUT2D eigenvalue weighted by atomic mass is 9.79. The van der Waals surface area contributed by atoms with Crippen LogP contribution in [0.2, 0.25) is 0 Å².